The molecule has 0 aliphatic rings. The maximum Gasteiger partial charge on any atom is 0.321 e. The second-order valence-electron chi connectivity index (χ2n) is 2.05. The van der Waals surface area contributed by atoms with Crippen LogP contribution in [0.5, 0.6) is 0 Å². The minimum atomic E-state index is -0.973. The molecule has 0 bridgehead atoms. The van der Waals surface area contributed by atoms with Gasteiger partial charge in [-0.1, -0.05) is 11.8 Å². The zero-order valence-corrected chi connectivity index (χ0v) is 7.77. The summed E-state index contributed by atoms with van der Waals surface area (Å²) in [6.07, 6.45) is 1.68. The number of thiazole rings is 1. The summed E-state index contributed by atoms with van der Waals surface area (Å²) < 4.78 is 0.853. The fourth-order valence-corrected chi connectivity index (χ4v) is 2.12. The Morgan fingerprint density at radius 1 is 1.92 bits per heavy atom. The highest BCUT2D eigenvalue weighted by molar-refractivity contribution is 8.01. The lowest BCUT2D eigenvalue weighted by atomic mass is 10.4. The predicted molar refractivity (Wildman–Crippen MR) is 48.4 cm³/mol. The van der Waals surface area contributed by atoms with Crippen molar-refractivity contribution in [2.24, 2.45) is 5.73 Å². The van der Waals surface area contributed by atoms with Crippen molar-refractivity contribution >= 4 is 29.1 Å². The molecule has 1 atom stereocenters. The van der Waals surface area contributed by atoms with Gasteiger partial charge >= 0.3 is 5.97 Å². The summed E-state index contributed by atoms with van der Waals surface area (Å²) >= 11 is 2.85. The SMILES string of the molecule is NC(CSc1nccs1)C(=O)O. The van der Waals surface area contributed by atoms with Gasteiger partial charge in [-0.2, -0.15) is 0 Å². The van der Waals surface area contributed by atoms with Crippen LogP contribution in [0.4, 0.5) is 0 Å². The monoisotopic (exact) mass is 204 g/mol. The highest BCUT2D eigenvalue weighted by atomic mass is 32.2. The van der Waals surface area contributed by atoms with E-state index in [4.69, 9.17) is 10.8 Å². The van der Waals surface area contributed by atoms with E-state index in [2.05, 4.69) is 4.98 Å². The fraction of sp³-hybridized carbons (Fsp3) is 0.333. The van der Waals surface area contributed by atoms with E-state index in [0.717, 1.165) is 4.34 Å². The summed E-state index contributed by atoms with van der Waals surface area (Å²) in [6.45, 7) is 0. The first kappa shape index (κ1) is 9.50. The van der Waals surface area contributed by atoms with Gasteiger partial charge in [-0.05, 0) is 0 Å². The molecular formula is C6H8N2O2S2. The molecular weight excluding hydrogens is 196 g/mol. The molecule has 4 nitrogen and oxygen atoms in total. The molecule has 0 saturated carbocycles. The average Bonchev–Trinajstić information content (AvgIpc) is 2.51. The number of hydrogen-bond acceptors (Lipinski definition) is 5. The molecule has 0 fully saturated rings. The number of carboxylic acids is 1. The first-order valence-corrected chi connectivity index (χ1v) is 5.07. The minimum Gasteiger partial charge on any atom is -0.480 e. The second-order valence-corrected chi connectivity index (χ2v) is 4.22. The van der Waals surface area contributed by atoms with Gasteiger partial charge in [0.2, 0.25) is 0 Å². The molecule has 0 aliphatic heterocycles. The summed E-state index contributed by atoms with van der Waals surface area (Å²) in [5, 5.41) is 10.3. The molecule has 0 spiro atoms. The van der Waals surface area contributed by atoms with Crippen LogP contribution >= 0.6 is 23.1 Å². The van der Waals surface area contributed by atoms with E-state index in [0.29, 0.717) is 5.75 Å². The Bertz CT molecular complexity index is 250. The largest absolute Gasteiger partial charge is 0.480 e. The van der Waals surface area contributed by atoms with Crippen LogP contribution in [0.15, 0.2) is 15.9 Å². The van der Waals surface area contributed by atoms with Crippen molar-refractivity contribution in [1.29, 1.82) is 0 Å². The molecule has 0 aliphatic carbocycles. The van der Waals surface area contributed by atoms with Gasteiger partial charge in [-0.15, -0.1) is 11.3 Å². The van der Waals surface area contributed by atoms with Crippen LogP contribution in [-0.2, 0) is 4.79 Å². The van der Waals surface area contributed by atoms with Crippen LogP contribution < -0.4 is 5.73 Å². The quantitative estimate of drug-likeness (QED) is 0.704. The highest BCUT2D eigenvalue weighted by Gasteiger charge is 2.11. The van der Waals surface area contributed by atoms with Crippen LogP contribution in [0.3, 0.4) is 0 Å². The molecule has 1 heterocycles. The van der Waals surface area contributed by atoms with Gasteiger partial charge in [-0.3, -0.25) is 4.79 Å². The van der Waals surface area contributed by atoms with Crippen LogP contribution in [0.2, 0.25) is 0 Å². The number of carbonyl (C=O) groups is 1. The number of aromatic nitrogens is 1. The van der Waals surface area contributed by atoms with Gasteiger partial charge in [0.25, 0.3) is 0 Å². The standard InChI is InChI=1S/C6H8N2O2S2/c7-4(5(9)10)3-12-6-8-1-2-11-6/h1-2,4H,3,7H2,(H,9,10). The Hall–Kier alpha value is -0.590. The lowest BCUT2D eigenvalue weighted by Crippen LogP contribution is -2.32. The molecule has 0 radical (unpaired) electrons. The van der Waals surface area contributed by atoms with E-state index < -0.39 is 12.0 Å². The number of hydrogen-bond donors (Lipinski definition) is 2. The number of rotatable bonds is 4. The van der Waals surface area contributed by atoms with E-state index in [9.17, 15) is 4.79 Å². The van der Waals surface area contributed by atoms with Crippen molar-refractivity contribution in [2.75, 3.05) is 5.75 Å². The summed E-state index contributed by atoms with van der Waals surface area (Å²) in [4.78, 5) is 14.3. The molecule has 6 heteroatoms. The Labute approximate surface area is 77.8 Å². The minimum absolute atomic E-state index is 0.364. The summed E-state index contributed by atoms with van der Waals surface area (Å²) in [7, 11) is 0. The zero-order chi connectivity index (χ0) is 8.97. The lowest BCUT2D eigenvalue weighted by Gasteiger charge is -2.02. The average molecular weight is 204 g/mol. The van der Waals surface area contributed by atoms with Crippen molar-refractivity contribution in [1.82, 2.24) is 4.98 Å². The van der Waals surface area contributed by atoms with Crippen LogP contribution in [0.1, 0.15) is 0 Å². The van der Waals surface area contributed by atoms with E-state index in [1.807, 2.05) is 5.38 Å². The summed E-state index contributed by atoms with van der Waals surface area (Å²) in [6, 6.07) is -0.807. The van der Waals surface area contributed by atoms with Crippen molar-refractivity contribution in [2.45, 2.75) is 10.4 Å². The maximum atomic E-state index is 10.3. The first-order chi connectivity index (χ1) is 5.70. The molecule has 0 aromatic carbocycles. The van der Waals surface area contributed by atoms with Gasteiger partial charge in [0, 0.05) is 17.3 Å². The molecule has 1 aromatic heterocycles. The highest BCUT2D eigenvalue weighted by Crippen LogP contribution is 2.20. The van der Waals surface area contributed by atoms with Crippen molar-refractivity contribution in [3.05, 3.63) is 11.6 Å². The molecule has 12 heavy (non-hydrogen) atoms. The van der Waals surface area contributed by atoms with Crippen LogP contribution in [0, 0.1) is 0 Å². The third kappa shape index (κ3) is 2.80. The molecule has 1 aromatic rings. The van der Waals surface area contributed by atoms with E-state index >= 15 is 0 Å². The second kappa shape index (κ2) is 4.44. The predicted octanol–water partition coefficient (Wildman–Crippen LogP) is 0.647. The number of carboxylic acid groups (broad SMARTS) is 1. The van der Waals surface area contributed by atoms with Crippen LogP contribution in [-0.4, -0.2) is 27.9 Å². The molecule has 66 valence electrons. The van der Waals surface area contributed by atoms with Gasteiger partial charge in [0.05, 0.1) is 0 Å². The molecule has 3 N–H and O–H groups in total. The van der Waals surface area contributed by atoms with Crippen LogP contribution in [0.25, 0.3) is 0 Å². The first-order valence-electron chi connectivity index (χ1n) is 3.21. The van der Waals surface area contributed by atoms with Crippen molar-refractivity contribution in [3.8, 4) is 0 Å². The lowest BCUT2D eigenvalue weighted by molar-refractivity contribution is -0.137. The van der Waals surface area contributed by atoms with E-state index in [1.54, 1.807) is 6.20 Å². The van der Waals surface area contributed by atoms with Crippen molar-refractivity contribution in [3.63, 3.8) is 0 Å². The maximum absolute atomic E-state index is 10.3. The molecule has 1 rings (SSSR count). The molecule has 1 unspecified atom stereocenters. The van der Waals surface area contributed by atoms with E-state index in [-0.39, 0.29) is 0 Å². The van der Waals surface area contributed by atoms with Gasteiger partial charge in [-0.25, -0.2) is 4.98 Å². The zero-order valence-electron chi connectivity index (χ0n) is 6.14. The Kier molecular flexibility index (Phi) is 3.51. The number of thioether (sulfide) groups is 1. The Balaban J connectivity index is 2.31. The molecule has 0 saturated heterocycles. The third-order valence-electron chi connectivity index (χ3n) is 1.11. The Morgan fingerprint density at radius 3 is 3.17 bits per heavy atom. The van der Waals surface area contributed by atoms with Gasteiger partial charge in [0.1, 0.15) is 10.4 Å². The number of nitrogens with two attached hydrogens (primary N) is 1. The smallest absolute Gasteiger partial charge is 0.321 e. The summed E-state index contributed by atoms with van der Waals surface area (Å²) in [5.74, 6) is -0.609. The third-order valence-corrected chi connectivity index (χ3v) is 3.20. The fourth-order valence-electron chi connectivity index (χ4n) is 0.514. The number of aliphatic carboxylic acids is 1. The Morgan fingerprint density at radius 2 is 2.67 bits per heavy atom. The normalized spacial score (nSPS) is 12.8. The van der Waals surface area contributed by atoms with Gasteiger partial charge in [0.15, 0.2) is 0 Å². The molecule has 0 amide bonds. The topological polar surface area (TPSA) is 76.2 Å². The van der Waals surface area contributed by atoms with E-state index in [1.165, 1.54) is 23.1 Å². The van der Waals surface area contributed by atoms with Gasteiger partial charge < -0.3 is 10.8 Å². The summed E-state index contributed by atoms with van der Waals surface area (Å²) in [5.41, 5.74) is 5.29. The van der Waals surface area contributed by atoms with Crippen molar-refractivity contribution < 1.29 is 9.90 Å². The number of nitrogens with zero attached hydrogens (tertiary/aromatic N) is 1.